The third-order valence-corrected chi connectivity index (χ3v) is 5.38. The van der Waals surface area contributed by atoms with Gasteiger partial charge < -0.3 is 4.90 Å². The molecule has 1 aromatic carbocycles. The summed E-state index contributed by atoms with van der Waals surface area (Å²) in [5, 5.41) is 7.01. The summed E-state index contributed by atoms with van der Waals surface area (Å²) in [4.78, 5) is 24.4. The van der Waals surface area contributed by atoms with Crippen molar-refractivity contribution in [3.05, 3.63) is 65.2 Å². The van der Waals surface area contributed by atoms with Crippen LogP contribution in [0, 0.1) is 6.92 Å². The van der Waals surface area contributed by atoms with Crippen molar-refractivity contribution in [3.8, 4) is 11.4 Å². The van der Waals surface area contributed by atoms with E-state index >= 15 is 0 Å². The van der Waals surface area contributed by atoms with Crippen LogP contribution < -0.4 is 0 Å². The Morgan fingerprint density at radius 3 is 2.85 bits per heavy atom. The number of rotatable bonds is 2. The standard InChI is InChI=1S/C20H19N5O/c1-12-9-17(24-23-12)20(26)25-14-7-8-18(25)15-11-21-19(22-16(15)10-14)13-5-3-2-4-6-13/h2-6,9,11,14,18H,7-8,10H2,1H3,(H,23,24). The van der Waals surface area contributed by atoms with E-state index < -0.39 is 0 Å². The van der Waals surface area contributed by atoms with Gasteiger partial charge in [-0.3, -0.25) is 9.89 Å². The number of aromatic nitrogens is 4. The Morgan fingerprint density at radius 2 is 2.08 bits per heavy atom. The van der Waals surface area contributed by atoms with Crippen LogP contribution in [-0.4, -0.2) is 37.0 Å². The van der Waals surface area contributed by atoms with Crippen molar-refractivity contribution in [3.63, 3.8) is 0 Å². The molecule has 0 spiro atoms. The molecule has 2 bridgehead atoms. The summed E-state index contributed by atoms with van der Waals surface area (Å²) in [6.45, 7) is 1.91. The number of amides is 1. The van der Waals surface area contributed by atoms with Crippen molar-refractivity contribution in [1.29, 1.82) is 0 Å². The Morgan fingerprint density at radius 1 is 1.23 bits per heavy atom. The topological polar surface area (TPSA) is 74.8 Å². The highest BCUT2D eigenvalue weighted by Crippen LogP contribution is 2.43. The lowest BCUT2D eigenvalue weighted by Gasteiger charge is -2.35. The quantitative estimate of drug-likeness (QED) is 0.774. The van der Waals surface area contributed by atoms with Gasteiger partial charge >= 0.3 is 0 Å². The number of aromatic amines is 1. The van der Waals surface area contributed by atoms with Crippen LogP contribution in [0.2, 0.25) is 0 Å². The van der Waals surface area contributed by atoms with E-state index in [9.17, 15) is 4.79 Å². The van der Waals surface area contributed by atoms with Crippen LogP contribution in [0.4, 0.5) is 0 Å². The van der Waals surface area contributed by atoms with Gasteiger partial charge in [0.05, 0.1) is 11.7 Å². The Labute approximate surface area is 151 Å². The Bertz CT molecular complexity index is 981. The van der Waals surface area contributed by atoms with Crippen molar-refractivity contribution in [2.75, 3.05) is 0 Å². The molecule has 1 saturated heterocycles. The lowest BCUT2D eigenvalue weighted by Crippen LogP contribution is -2.42. The molecule has 6 heteroatoms. The number of carbonyl (C=O) groups excluding carboxylic acids is 1. The first-order chi connectivity index (χ1) is 12.7. The maximum Gasteiger partial charge on any atom is 0.275 e. The fourth-order valence-corrected chi connectivity index (χ4v) is 4.17. The normalized spacial score (nSPS) is 20.9. The summed E-state index contributed by atoms with van der Waals surface area (Å²) in [6.07, 6.45) is 4.65. The molecule has 4 heterocycles. The van der Waals surface area contributed by atoms with E-state index in [1.807, 2.05) is 54.4 Å². The van der Waals surface area contributed by atoms with Gasteiger partial charge in [-0.1, -0.05) is 30.3 Å². The average molecular weight is 345 g/mol. The number of nitrogens with zero attached hydrogens (tertiary/aromatic N) is 4. The number of nitrogens with one attached hydrogen (secondary N) is 1. The van der Waals surface area contributed by atoms with Gasteiger partial charge in [-0.05, 0) is 25.8 Å². The Balaban J connectivity index is 1.50. The number of carbonyl (C=O) groups is 1. The number of H-pyrrole nitrogens is 1. The van der Waals surface area contributed by atoms with Gasteiger partial charge in [-0.15, -0.1) is 0 Å². The smallest absolute Gasteiger partial charge is 0.275 e. The van der Waals surface area contributed by atoms with Crippen LogP contribution in [0.1, 0.15) is 46.3 Å². The Kier molecular flexibility index (Phi) is 3.38. The van der Waals surface area contributed by atoms with E-state index in [0.717, 1.165) is 47.6 Å². The zero-order chi connectivity index (χ0) is 17.7. The highest BCUT2D eigenvalue weighted by Gasteiger charge is 2.44. The molecule has 2 aromatic heterocycles. The lowest BCUT2D eigenvalue weighted by atomic mass is 9.98. The SMILES string of the molecule is Cc1cc(C(=O)N2C3CCC2c2cnc(-c4ccccc4)nc2C3)n[nH]1. The van der Waals surface area contributed by atoms with Gasteiger partial charge in [0.15, 0.2) is 5.82 Å². The highest BCUT2D eigenvalue weighted by molar-refractivity contribution is 5.93. The first-order valence-corrected chi connectivity index (χ1v) is 8.96. The fourth-order valence-electron chi connectivity index (χ4n) is 4.17. The molecule has 26 heavy (non-hydrogen) atoms. The molecule has 3 aromatic rings. The fraction of sp³-hybridized carbons (Fsp3) is 0.300. The molecule has 130 valence electrons. The molecule has 0 radical (unpaired) electrons. The molecule has 2 aliphatic rings. The van der Waals surface area contributed by atoms with E-state index in [2.05, 4.69) is 15.2 Å². The highest BCUT2D eigenvalue weighted by atomic mass is 16.2. The van der Waals surface area contributed by atoms with Crippen molar-refractivity contribution in [1.82, 2.24) is 25.1 Å². The van der Waals surface area contributed by atoms with E-state index in [1.54, 1.807) is 0 Å². The maximum atomic E-state index is 13.0. The molecular formula is C20H19N5O. The lowest BCUT2D eigenvalue weighted by molar-refractivity contribution is 0.0637. The summed E-state index contributed by atoms with van der Waals surface area (Å²) < 4.78 is 0. The van der Waals surface area contributed by atoms with Gasteiger partial charge in [0, 0.05) is 35.5 Å². The molecule has 2 atom stereocenters. The van der Waals surface area contributed by atoms with Crippen LogP contribution in [0.25, 0.3) is 11.4 Å². The van der Waals surface area contributed by atoms with Crippen LogP contribution in [-0.2, 0) is 6.42 Å². The van der Waals surface area contributed by atoms with Crippen LogP contribution in [0.15, 0.2) is 42.6 Å². The number of fused-ring (bicyclic) bond motifs is 4. The molecular weight excluding hydrogens is 326 g/mol. The summed E-state index contributed by atoms with van der Waals surface area (Å²) in [5.41, 5.74) is 4.57. The second-order valence-corrected chi connectivity index (χ2v) is 7.06. The number of aryl methyl sites for hydroxylation is 1. The monoisotopic (exact) mass is 345 g/mol. The number of benzene rings is 1. The molecule has 1 N–H and O–H groups in total. The minimum Gasteiger partial charge on any atom is -0.327 e. The van der Waals surface area contributed by atoms with Gasteiger partial charge in [0.25, 0.3) is 5.91 Å². The molecule has 2 aliphatic heterocycles. The van der Waals surface area contributed by atoms with Crippen molar-refractivity contribution >= 4 is 5.91 Å². The average Bonchev–Trinajstić information content (AvgIpc) is 3.24. The Hall–Kier alpha value is -3.02. The molecule has 1 amide bonds. The van der Waals surface area contributed by atoms with Crippen LogP contribution in [0.3, 0.4) is 0 Å². The molecule has 2 unspecified atom stereocenters. The maximum absolute atomic E-state index is 13.0. The van der Waals surface area contributed by atoms with E-state index in [4.69, 9.17) is 4.98 Å². The summed E-state index contributed by atoms with van der Waals surface area (Å²) in [5.74, 6) is 0.756. The summed E-state index contributed by atoms with van der Waals surface area (Å²) in [7, 11) is 0. The van der Waals surface area contributed by atoms with Gasteiger partial charge in [-0.2, -0.15) is 5.10 Å². The zero-order valence-corrected chi connectivity index (χ0v) is 14.5. The van der Waals surface area contributed by atoms with Crippen LogP contribution >= 0.6 is 0 Å². The first kappa shape index (κ1) is 15.3. The third-order valence-electron chi connectivity index (χ3n) is 5.38. The van der Waals surface area contributed by atoms with Gasteiger partial charge in [0.1, 0.15) is 5.69 Å². The second-order valence-electron chi connectivity index (χ2n) is 7.06. The molecule has 0 aliphatic carbocycles. The molecule has 0 saturated carbocycles. The van der Waals surface area contributed by atoms with Crippen molar-refractivity contribution < 1.29 is 4.79 Å². The predicted octanol–water partition coefficient (Wildman–Crippen LogP) is 3.08. The van der Waals surface area contributed by atoms with Crippen molar-refractivity contribution in [2.45, 2.75) is 38.3 Å². The number of hydrogen-bond donors (Lipinski definition) is 1. The van der Waals surface area contributed by atoms with Crippen molar-refractivity contribution in [2.24, 2.45) is 0 Å². The number of hydrogen-bond acceptors (Lipinski definition) is 4. The van der Waals surface area contributed by atoms with E-state index in [0.29, 0.717) is 5.69 Å². The third kappa shape index (κ3) is 2.33. The van der Waals surface area contributed by atoms with E-state index in [1.165, 1.54) is 0 Å². The second kappa shape index (κ2) is 5.76. The molecule has 6 nitrogen and oxygen atoms in total. The minimum atomic E-state index is -0.000337. The molecule has 5 rings (SSSR count). The van der Waals surface area contributed by atoms with E-state index in [-0.39, 0.29) is 18.0 Å². The first-order valence-electron chi connectivity index (χ1n) is 8.96. The van der Waals surface area contributed by atoms with Gasteiger partial charge in [0.2, 0.25) is 0 Å². The zero-order valence-electron chi connectivity index (χ0n) is 14.5. The summed E-state index contributed by atoms with van der Waals surface area (Å²) >= 11 is 0. The predicted molar refractivity (Wildman–Crippen MR) is 96.4 cm³/mol. The van der Waals surface area contributed by atoms with Crippen LogP contribution in [0.5, 0.6) is 0 Å². The molecule has 1 fully saturated rings. The largest absolute Gasteiger partial charge is 0.327 e. The van der Waals surface area contributed by atoms with Gasteiger partial charge in [-0.25, -0.2) is 9.97 Å². The minimum absolute atomic E-state index is 0.000337. The summed E-state index contributed by atoms with van der Waals surface area (Å²) in [6, 6.07) is 12.1.